The molecule has 1 N–H and O–H groups in total. The maximum atomic E-state index is 12.5. The van der Waals surface area contributed by atoms with Crippen molar-refractivity contribution in [2.75, 3.05) is 5.32 Å². The highest BCUT2D eigenvalue weighted by molar-refractivity contribution is 7.94. The second kappa shape index (κ2) is 6.83. The van der Waals surface area contributed by atoms with Crippen LogP contribution in [-0.2, 0) is 14.8 Å². The molecule has 0 aliphatic rings. The first kappa shape index (κ1) is 17.0. The molecule has 2 aromatic carbocycles. The number of carbonyl (C=O) groups is 1. The van der Waals surface area contributed by atoms with Gasteiger partial charge in [-0.1, -0.05) is 43.7 Å². The Morgan fingerprint density at radius 3 is 2.22 bits per heavy atom. The van der Waals surface area contributed by atoms with Crippen LogP contribution in [0.5, 0.6) is 0 Å². The molecule has 0 aliphatic heterocycles. The van der Waals surface area contributed by atoms with Gasteiger partial charge < -0.3 is 10.0 Å². The Balaban J connectivity index is 2.27. The zero-order valence-corrected chi connectivity index (χ0v) is 14.1. The third-order valence-corrected chi connectivity index (χ3v) is 4.55. The van der Waals surface area contributed by atoms with Crippen molar-refractivity contribution in [2.24, 2.45) is 0 Å². The monoisotopic (exact) mass is 331 g/mol. The van der Waals surface area contributed by atoms with Gasteiger partial charge in [0.25, 0.3) is 0 Å². The fraction of sp³-hybridized carbons (Fsp3) is 0.235. The number of sulfonamides is 1. The SMILES string of the molecule is CC(=O)Nc1ccc(S(=O)(=O)[N-]c2ccccc2C(C)C)cc1. The van der Waals surface area contributed by atoms with Crippen molar-refractivity contribution in [3.05, 3.63) is 58.8 Å². The van der Waals surface area contributed by atoms with Gasteiger partial charge in [0.15, 0.2) is 0 Å². The molecule has 122 valence electrons. The van der Waals surface area contributed by atoms with E-state index in [9.17, 15) is 13.2 Å². The normalized spacial score (nSPS) is 11.3. The molecule has 0 heterocycles. The van der Waals surface area contributed by atoms with Crippen molar-refractivity contribution >= 4 is 27.3 Å². The maximum absolute atomic E-state index is 12.5. The smallest absolute Gasteiger partial charge is 0.221 e. The van der Waals surface area contributed by atoms with Crippen LogP contribution in [0.1, 0.15) is 32.3 Å². The molecular weight excluding hydrogens is 312 g/mol. The molecule has 0 aliphatic carbocycles. The first-order chi connectivity index (χ1) is 10.8. The van der Waals surface area contributed by atoms with Crippen molar-refractivity contribution in [1.29, 1.82) is 0 Å². The number of carbonyl (C=O) groups excluding carboxylic acids is 1. The van der Waals surface area contributed by atoms with Gasteiger partial charge >= 0.3 is 0 Å². The van der Waals surface area contributed by atoms with Crippen LogP contribution >= 0.6 is 0 Å². The number of hydrogen-bond donors (Lipinski definition) is 1. The summed E-state index contributed by atoms with van der Waals surface area (Å²) in [7, 11) is -3.80. The van der Waals surface area contributed by atoms with Crippen LogP contribution < -0.4 is 5.32 Å². The first-order valence-electron chi connectivity index (χ1n) is 7.24. The lowest BCUT2D eigenvalue weighted by atomic mass is 10.0. The van der Waals surface area contributed by atoms with Crippen LogP contribution in [0.3, 0.4) is 0 Å². The van der Waals surface area contributed by atoms with Crippen LogP contribution in [0.2, 0.25) is 0 Å². The summed E-state index contributed by atoms with van der Waals surface area (Å²) in [6.45, 7) is 5.37. The minimum Gasteiger partial charge on any atom is -0.572 e. The number of hydrogen-bond acceptors (Lipinski definition) is 3. The van der Waals surface area contributed by atoms with Crippen LogP contribution in [0.25, 0.3) is 4.72 Å². The maximum Gasteiger partial charge on any atom is 0.221 e. The Morgan fingerprint density at radius 2 is 1.65 bits per heavy atom. The van der Waals surface area contributed by atoms with Gasteiger partial charge in [-0.25, -0.2) is 8.42 Å². The Morgan fingerprint density at radius 1 is 1.04 bits per heavy atom. The van der Waals surface area contributed by atoms with Crippen molar-refractivity contribution in [3.8, 4) is 0 Å². The van der Waals surface area contributed by atoms with E-state index in [1.807, 2.05) is 26.0 Å². The number of anilines is 1. The summed E-state index contributed by atoms with van der Waals surface area (Å²) < 4.78 is 28.9. The van der Waals surface area contributed by atoms with Crippen molar-refractivity contribution in [3.63, 3.8) is 0 Å². The molecule has 0 spiro atoms. The summed E-state index contributed by atoms with van der Waals surface area (Å²) in [4.78, 5) is 11.1. The largest absolute Gasteiger partial charge is 0.572 e. The predicted molar refractivity (Wildman–Crippen MR) is 91.5 cm³/mol. The second-order valence-electron chi connectivity index (χ2n) is 5.49. The topological polar surface area (TPSA) is 77.3 Å². The van der Waals surface area contributed by atoms with Gasteiger partial charge in [-0.3, -0.25) is 4.79 Å². The van der Waals surface area contributed by atoms with E-state index in [1.165, 1.54) is 31.2 Å². The van der Waals surface area contributed by atoms with E-state index in [1.54, 1.807) is 12.1 Å². The average molecular weight is 331 g/mol. The first-order valence-corrected chi connectivity index (χ1v) is 8.68. The molecule has 6 heteroatoms. The second-order valence-corrected chi connectivity index (χ2v) is 7.09. The fourth-order valence-electron chi connectivity index (χ4n) is 2.15. The fourth-order valence-corrected chi connectivity index (χ4v) is 3.17. The molecule has 0 saturated heterocycles. The summed E-state index contributed by atoms with van der Waals surface area (Å²) in [6, 6.07) is 13.1. The molecule has 0 unspecified atom stereocenters. The van der Waals surface area contributed by atoms with Gasteiger partial charge in [0.1, 0.15) is 10.0 Å². The lowest BCUT2D eigenvalue weighted by molar-refractivity contribution is -0.114. The highest BCUT2D eigenvalue weighted by atomic mass is 32.2. The predicted octanol–water partition coefficient (Wildman–Crippen LogP) is 4.16. The van der Waals surface area contributed by atoms with Crippen LogP contribution in [0, 0.1) is 0 Å². The number of benzene rings is 2. The molecule has 0 fully saturated rings. The van der Waals surface area contributed by atoms with E-state index in [0.29, 0.717) is 11.4 Å². The number of nitrogens with zero attached hydrogens (tertiary/aromatic N) is 1. The van der Waals surface area contributed by atoms with Gasteiger partial charge in [-0.15, -0.1) is 5.69 Å². The third kappa shape index (κ3) is 4.32. The highest BCUT2D eigenvalue weighted by Gasteiger charge is 2.08. The number of rotatable bonds is 5. The summed E-state index contributed by atoms with van der Waals surface area (Å²) in [5.74, 6) is -0.0385. The molecule has 0 radical (unpaired) electrons. The van der Waals surface area contributed by atoms with Gasteiger partial charge in [0, 0.05) is 12.6 Å². The van der Waals surface area contributed by atoms with Crippen LogP contribution in [0.15, 0.2) is 53.4 Å². The molecule has 0 bridgehead atoms. The quantitative estimate of drug-likeness (QED) is 0.893. The Hall–Kier alpha value is -2.34. The van der Waals surface area contributed by atoms with Gasteiger partial charge in [-0.2, -0.15) is 0 Å². The van der Waals surface area contributed by atoms with Crippen molar-refractivity contribution in [1.82, 2.24) is 0 Å². The van der Waals surface area contributed by atoms with Crippen LogP contribution in [0.4, 0.5) is 11.4 Å². The van der Waals surface area contributed by atoms with E-state index in [2.05, 4.69) is 10.0 Å². The molecule has 0 atom stereocenters. The van der Waals surface area contributed by atoms with E-state index in [0.717, 1.165) is 5.56 Å². The molecule has 1 amide bonds. The van der Waals surface area contributed by atoms with Gasteiger partial charge in [0.2, 0.25) is 5.91 Å². The summed E-state index contributed by atoms with van der Waals surface area (Å²) in [5.41, 5.74) is 1.87. The summed E-state index contributed by atoms with van der Waals surface area (Å²) >= 11 is 0. The molecule has 23 heavy (non-hydrogen) atoms. The molecular formula is C17H19N2O3S-. The molecule has 0 saturated carbocycles. The molecule has 2 rings (SSSR count). The number of nitrogens with one attached hydrogen (secondary N) is 1. The minimum absolute atomic E-state index is 0.0881. The van der Waals surface area contributed by atoms with Crippen LogP contribution in [-0.4, -0.2) is 14.3 Å². The molecule has 5 nitrogen and oxygen atoms in total. The van der Waals surface area contributed by atoms with E-state index in [-0.39, 0.29) is 16.7 Å². The van der Waals surface area contributed by atoms with E-state index >= 15 is 0 Å². The molecule has 0 aromatic heterocycles. The lowest BCUT2D eigenvalue weighted by Gasteiger charge is -2.26. The average Bonchev–Trinajstić information content (AvgIpc) is 2.47. The van der Waals surface area contributed by atoms with E-state index < -0.39 is 10.0 Å². The zero-order valence-electron chi connectivity index (χ0n) is 13.3. The van der Waals surface area contributed by atoms with Gasteiger partial charge in [-0.05, 0) is 30.2 Å². The minimum atomic E-state index is -3.80. The van der Waals surface area contributed by atoms with Gasteiger partial charge in [0.05, 0.1) is 4.90 Å². The Kier molecular flexibility index (Phi) is 5.05. The third-order valence-electron chi connectivity index (χ3n) is 3.25. The van der Waals surface area contributed by atoms with Crippen molar-refractivity contribution < 1.29 is 13.2 Å². The Bertz CT molecular complexity index is 797. The standard InChI is InChI=1S/C17H19N2O3S/c1-12(2)16-6-4-5-7-17(16)19-23(21,22)15-10-8-14(9-11-15)18-13(3)20/h4-12H,1-3H3,(H,18,20)/q-1. The van der Waals surface area contributed by atoms with E-state index in [4.69, 9.17) is 0 Å². The lowest BCUT2D eigenvalue weighted by Crippen LogP contribution is -2.06. The Labute approximate surface area is 136 Å². The summed E-state index contributed by atoms with van der Waals surface area (Å²) in [5, 5.41) is 2.59. The number of amides is 1. The molecule has 2 aromatic rings. The zero-order chi connectivity index (χ0) is 17.0. The van der Waals surface area contributed by atoms with Crippen molar-refractivity contribution in [2.45, 2.75) is 31.6 Å². The summed E-state index contributed by atoms with van der Waals surface area (Å²) in [6.07, 6.45) is 0. The highest BCUT2D eigenvalue weighted by Crippen LogP contribution is 2.34.